The number of carbonyl (C=O) groups excluding carboxylic acids is 1. The van der Waals surface area contributed by atoms with Gasteiger partial charge in [-0.2, -0.15) is 5.10 Å². The third kappa shape index (κ3) is 6.09. The predicted molar refractivity (Wildman–Crippen MR) is 95.9 cm³/mol. The highest BCUT2D eigenvalue weighted by Crippen LogP contribution is 2.13. The molecule has 1 aromatic carbocycles. The minimum absolute atomic E-state index is 0. The summed E-state index contributed by atoms with van der Waals surface area (Å²) in [6.45, 7) is 2.85. The van der Waals surface area contributed by atoms with Crippen molar-refractivity contribution >= 4 is 36.4 Å². The zero-order chi connectivity index (χ0) is 15.2. The standard InChI is InChI=1S/C15H19N5O2.2ClH/c21-15(7-14-8-16-4-5-22-14)19-13-3-1-2-12(6-13)9-20-11-17-10-18-20;;/h1-3,6,10-11,14,16H,4-5,7-9H2,(H,19,21);2*1H. The zero-order valence-corrected chi connectivity index (χ0v) is 14.7. The number of halogens is 2. The van der Waals surface area contributed by atoms with E-state index in [1.165, 1.54) is 6.33 Å². The Labute approximate surface area is 153 Å². The number of nitrogens with one attached hydrogen (secondary N) is 2. The molecule has 3 rings (SSSR count). The molecule has 2 N–H and O–H groups in total. The number of nitrogens with zero attached hydrogens (tertiary/aromatic N) is 3. The summed E-state index contributed by atoms with van der Waals surface area (Å²) in [4.78, 5) is 16.0. The van der Waals surface area contributed by atoms with Gasteiger partial charge in [-0.1, -0.05) is 12.1 Å². The molecule has 0 aliphatic carbocycles. The van der Waals surface area contributed by atoms with Crippen LogP contribution >= 0.6 is 24.8 Å². The maximum atomic E-state index is 12.1. The van der Waals surface area contributed by atoms with E-state index in [0.717, 1.165) is 24.3 Å². The molecular formula is C15H21Cl2N5O2. The van der Waals surface area contributed by atoms with E-state index in [4.69, 9.17) is 4.74 Å². The van der Waals surface area contributed by atoms with Crippen molar-refractivity contribution in [1.29, 1.82) is 0 Å². The lowest BCUT2D eigenvalue weighted by atomic mass is 10.2. The molecule has 0 spiro atoms. The van der Waals surface area contributed by atoms with Crippen molar-refractivity contribution in [2.45, 2.75) is 19.1 Å². The Hall–Kier alpha value is -1.67. The number of carbonyl (C=O) groups is 1. The molecule has 1 aliphatic rings. The molecule has 1 fully saturated rings. The van der Waals surface area contributed by atoms with Crippen LogP contribution in [0.3, 0.4) is 0 Å². The second-order valence-electron chi connectivity index (χ2n) is 5.24. The van der Waals surface area contributed by atoms with Crippen LogP contribution in [-0.4, -0.2) is 46.5 Å². The van der Waals surface area contributed by atoms with Gasteiger partial charge in [-0.05, 0) is 17.7 Å². The molecule has 2 aromatic rings. The van der Waals surface area contributed by atoms with Crippen molar-refractivity contribution < 1.29 is 9.53 Å². The third-order valence-corrected chi connectivity index (χ3v) is 3.44. The van der Waals surface area contributed by atoms with Crippen LogP contribution in [0, 0.1) is 0 Å². The maximum Gasteiger partial charge on any atom is 0.227 e. The van der Waals surface area contributed by atoms with Crippen LogP contribution in [-0.2, 0) is 16.1 Å². The SMILES string of the molecule is Cl.Cl.O=C(CC1CNCCO1)Nc1cccc(Cn2cncn2)c1. The van der Waals surface area contributed by atoms with E-state index in [-0.39, 0.29) is 36.8 Å². The number of rotatable bonds is 5. The molecule has 2 heterocycles. The maximum absolute atomic E-state index is 12.1. The first-order valence-corrected chi connectivity index (χ1v) is 7.33. The first-order chi connectivity index (χ1) is 10.8. The van der Waals surface area contributed by atoms with E-state index in [0.29, 0.717) is 19.6 Å². The number of ether oxygens (including phenoxy) is 1. The summed E-state index contributed by atoms with van der Waals surface area (Å²) in [7, 11) is 0. The molecule has 0 saturated carbocycles. The summed E-state index contributed by atoms with van der Waals surface area (Å²) in [6.07, 6.45) is 3.48. The first kappa shape index (κ1) is 20.4. The van der Waals surface area contributed by atoms with Crippen LogP contribution in [0.4, 0.5) is 5.69 Å². The van der Waals surface area contributed by atoms with Crippen molar-refractivity contribution in [3.8, 4) is 0 Å². The Morgan fingerprint density at radius 3 is 3.00 bits per heavy atom. The fourth-order valence-electron chi connectivity index (χ4n) is 2.42. The minimum atomic E-state index is -0.0490. The molecule has 0 bridgehead atoms. The van der Waals surface area contributed by atoms with Crippen molar-refractivity contribution in [2.24, 2.45) is 0 Å². The Balaban J connectivity index is 0.00000144. The average molecular weight is 374 g/mol. The van der Waals surface area contributed by atoms with Crippen LogP contribution in [0.25, 0.3) is 0 Å². The second kappa shape index (κ2) is 10.2. The van der Waals surface area contributed by atoms with Gasteiger partial charge in [0.2, 0.25) is 5.91 Å². The molecule has 1 amide bonds. The van der Waals surface area contributed by atoms with Gasteiger partial charge >= 0.3 is 0 Å². The second-order valence-corrected chi connectivity index (χ2v) is 5.24. The van der Waals surface area contributed by atoms with Gasteiger partial charge in [-0.25, -0.2) is 9.67 Å². The Bertz CT molecular complexity index is 618. The van der Waals surface area contributed by atoms with Crippen LogP contribution in [0.1, 0.15) is 12.0 Å². The highest BCUT2D eigenvalue weighted by Gasteiger charge is 2.17. The van der Waals surface area contributed by atoms with E-state index >= 15 is 0 Å². The van der Waals surface area contributed by atoms with Crippen molar-refractivity contribution in [3.63, 3.8) is 0 Å². The first-order valence-electron chi connectivity index (χ1n) is 7.33. The fourth-order valence-corrected chi connectivity index (χ4v) is 2.42. The van der Waals surface area contributed by atoms with Gasteiger partial charge in [-0.15, -0.1) is 24.8 Å². The Morgan fingerprint density at radius 1 is 1.42 bits per heavy atom. The summed E-state index contributed by atoms with van der Waals surface area (Å²) < 4.78 is 7.28. The van der Waals surface area contributed by atoms with Gasteiger partial charge in [0.1, 0.15) is 12.7 Å². The van der Waals surface area contributed by atoms with Crippen LogP contribution in [0.15, 0.2) is 36.9 Å². The summed E-state index contributed by atoms with van der Waals surface area (Å²) in [5.74, 6) is -0.0356. The lowest BCUT2D eigenvalue weighted by Crippen LogP contribution is -2.40. The van der Waals surface area contributed by atoms with Gasteiger partial charge < -0.3 is 15.4 Å². The normalized spacial score (nSPS) is 16.6. The number of benzene rings is 1. The number of hydrogen-bond acceptors (Lipinski definition) is 5. The van der Waals surface area contributed by atoms with Crippen LogP contribution in [0.2, 0.25) is 0 Å². The zero-order valence-electron chi connectivity index (χ0n) is 13.1. The summed E-state index contributed by atoms with van der Waals surface area (Å²) >= 11 is 0. The van der Waals surface area contributed by atoms with Gasteiger partial charge in [0, 0.05) is 18.8 Å². The highest BCUT2D eigenvalue weighted by atomic mass is 35.5. The van der Waals surface area contributed by atoms with E-state index in [1.54, 1.807) is 11.0 Å². The number of aromatic nitrogens is 3. The molecule has 0 radical (unpaired) electrons. The van der Waals surface area contributed by atoms with E-state index in [2.05, 4.69) is 20.7 Å². The summed E-state index contributed by atoms with van der Waals surface area (Å²) in [5, 5.41) is 10.2. The van der Waals surface area contributed by atoms with Crippen molar-refractivity contribution in [1.82, 2.24) is 20.1 Å². The van der Waals surface area contributed by atoms with Gasteiger partial charge in [0.05, 0.1) is 25.7 Å². The lowest BCUT2D eigenvalue weighted by molar-refractivity contribution is -0.119. The number of hydrogen-bond donors (Lipinski definition) is 2. The van der Waals surface area contributed by atoms with E-state index < -0.39 is 0 Å². The van der Waals surface area contributed by atoms with E-state index in [9.17, 15) is 4.79 Å². The quantitative estimate of drug-likeness (QED) is 0.829. The molecular weight excluding hydrogens is 353 g/mol. The summed E-state index contributed by atoms with van der Waals surface area (Å²) in [5.41, 5.74) is 1.84. The van der Waals surface area contributed by atoms with Crippen molar-refractivity contribution in [2.75, 3.05) is 25.0 Å². The number of morpholine rings is 1. The van der Waals surface area contributed by atoms with E-state index in [1.807, 2.05) is 24.3 Å². The Morgan fingerprint density at radius 2 is 2.29 bits per heavy atom. The van der Waals surface area contributed by atoms with Crippen LogP contribution in [0.5, 0.6) is 0 Å². The topological polar surface area (TPSA) is 81.1 Å². The van der Waals surface area contributed by atoms with Crippen LogP contribution < -0.4 is 10.6 Å². The lowest BCUT2D eigenvalue weighted by Gasteiger charge is -2.23. The summed E-state index contributed by atoms with van der Waals surface area (Å²) in [6, 6.07) is 7.73. The predicted octanol–water partition coefficient (Wildman–Crippen LogP) is 1.49. The van der Waals surface area contributed by atoms with Gasteiger partial charge in [0.25, 0.3) is 0 Å². The highest BCUT2D eigenvalue weighted by molar-refractivity contribution is 5.91. The third-order valence-electron chi connectivity index (χ3n) is 3.44. The fraction of sp³-hybridized carbons (Fsp3) is 0.400. The van der Waals surface area contributed by atoms with Gasteiger partial charge in [-0.3, -0.25) is 4.79 Å². The Kier molecular flexibility index (Phi) is 8.70. The molecule has 1 atom stereocenters. The van der Waals surface area contributed by atoms with Gasteiger partial charge in [0.15, 0.2) is 0 Å². The average Bonchev–Trinajstić information content (AvgIpc) is 3.01. The molecule has 1 saturated heterocycles. The molecule has 1 aliphatic heterocycles. The monoisotopic (exact) mass is 373 g/mol. The largest absolute Gasteiger partial charge is 0.375 e. The molecule has 132 valence electrons. The minimum Gasteiger partial charge on any atom is -0.375 e. The molecule has 7 nitrogen and oxygen atoms in total. The number of amides is 1. The molecule has 9 heteroatoms. The van der Waals surface area contributed by atoms with Crippen molar-refractivity contribution in [3.05, 3.63) is 42.5 Å². The molecule has 1 aromatic heterocycles. The smallest absolute Gasteiger partial charge is 0.227 e. The molecule has 24 heavy (non-hydrogen) atoms. The number of anilines is 1. The molecule has 1 unspecified atom stereocenters.